The Labute approximate surface area is 214 Å². The van der Waals surface area contributed by atoms with Crippen LogP contribution in [0.1, 0.15) is 28.0 Å². The van der Waals surface area contributed by atoms with Gasteiger partial charge in [0.1, 0.15) is 29.3 Å². The molecule has 0 spiro atoms. The Morgan fingerprint density at radius 1 is 1.11 bits per heavy atom. The summed E-state index contributed by atoms with van der Waals surface area (Å²) in [5.74, 6) is -0.614. The van der Waals surface area contributed by atoms with Crippen molar-refractivity contribution < 1.29 is 23.5 Å². The highest BCUT2D eigenvalue weighted by molar-refractivity contribution is 5.94. The van der Waals surface area contributed by atoms with Crippen LogP contribution in [-0.4, -0.2) is 65.6 Å². The van der Waals surface area contributed by atoms with Crippen LogP contribution in [0.4, 0.5) is 4.39 Å². The highest BCUT2D eigenvalue weighted by Crippen LogP contribution is 2.26. The summed E-state index contributed by atoms with van der Waals surface area (Å²) in [6.07, 6.45) is -0.0500. The number of morpholine rings is 1. The summed E-state index contributed by atoms with van der Waals surface area (Å²) < 4.78 is 25.4. The number of aromatic nitrogens is 1. The smallest absolute Gasteiger partial charge is 0.260 e. The van der Waals surface area contributed by atoms with E-state index in [-0.39, 0.29) is 44.2 Å². The second-order valence-electron chi connectivity index (χ2n) is 9.30. The van der Waals surface area contributed by atoms with Gasteiger partial charge in [-0.3, -0.25) is 14.4 Å². The molecule has 37 heavy (non-hydrogen) atoms. The topological polar surface area (TPSA) is 91.9 Å². The number of nitrogens with one attached hydrogen (secondary N) is 1. The third-order valence-corrected chi connectivity index (χ3v) is 6.30. The molecule has 1 aromatic heterocycles. The second kappa shape index (κ2) is 11.4. The van der Waals surface area contributed by atoms with E-state index >= 15 is 0 Å². The number of amides is 2. The maximum atomic E-state index is 13.4. The first-order valence-electron chi connectivity index (χ1n) is 12.0. The fourth-order valence-corrected chi connectivity index (χ4v) is 4.28. The maximum absolute atomic E-state index is 13.4. The number of hydrogen-bond acceptors (Lipinski definition) is 5. The van der Waals surface area contributed by atoms with Gasteiger partial charge in [-0.1, -0.05) is 30.3 Å². The quantitative estimate of drug-likeness (QED) is 0.506. The first kappa shape index (κ1) is 26.1. The molecule has 1 aliphatic rings. The molecule has 2 amide bonds. The van der Waals surface area contributed by atoms with Gasteiger partial charge in [0, 0.05) is 25.8 Å². The van der Waals surface area contributed by atoms with Crippen molar-refractivity contribution in [2.75, 3.05) is 33.4 Å². The van der Waals surface area contributed by atoms with Crippen molar-refractivity contribution in [2.24, 2.45) is 0 Å². The molecule has 0 bridgehead atoms. The van der Waals surface area contributed by atoms with E-state index in [0.29, 0.717) is 18.0 Å². The van der Waals surface area contributed by atoms with E-state index in [2.05, 4.69) is 4.98 Å². The second-order valence-corrected chi connectivity index (χ2v) is 9.30. The minimum Gasteiger partial charge on any atom is -0.490 e. The molecule has 8 nitrogen and oxygen atoms in total. The molecule has 3 aromatic rings. The average Bonchev–Trinajstić information content (AvgIpc) is 2.89. The number of H-pyrrole nitrogens is 1. The van der Waals surface area contributed by atoms with Gasteiger partial charge in [0.2, 0.25) is 5.91 Å². The summed E-state index contributed by atoms with van der Waals surface area (Å²) >= 11 is 0. The van der Waals surface area contributed by atoms with Crippen molar-refractivity contribution in [3.63, 3.8) is 0 Å². The van der Waals surface area contributed by atoms with E-state index in [1.54, 1.807) is 24.9 Å². The number of aromatic amines is 1. The third-order valence-electron chi connectivity index (χ3n) is 6.30. The zero-order valence-corrected chi connectivity index (χ0v) is 20.9. The summed E-state index contributed by atoms with van der Waals surface area (Å²) in [6, 6.07) is 18.3. The van der Waals surface area contributed by atoms with Crippen LogP contribution in [0.15, 0.2) is 71.5 Å². The molecular formula is C28H30FN3O5. The Morgan fingerprint density at radius 3 is 2.54 bits per heavy atom. The Bertz CT molecular complexity index is 1300. The number of aryl methyl sites for hydroxylation is 1. The normalized spacial score (nSPS) is 17.3. The van der Waals surface area contributed by atoms with Gasteiger partial charge in [-0.15, -0.1) is 0 Å². The molecule has 2 heterocycles. The Hall–Kier alpha value is -3.98. The van der Waals surface area contributed by atoms with E-state index in [4.69, 9.17) is 9.47 Å². The van der Waals surface area contributed by atoms with Crippen molar-refractivity contribution in [2.45, 2.75) is 25.5 Å². The lowest BCUT2D eigenvalue weighted by Crippen LogP contribution is -2.58. The molecule has 2 aromatic carbocycles. The summed E-state index contributed by atoms with van der Waals surface area (Å²) in [4.78, 5) is 44.7. The van der Waals surface area contributed by atoms with Crippen molar-refractivity contribution in [3.8, 4) is 5.75 Å². The highest BCUT2D eigenvalue weighted by atomic mass is 19.1. The molecular weight excluding hydrogens is 477 g/mol. The van der Waals surface area contributed by atoms with E-state index in [9.17, 15) is 18.8 Å². The van der Waals surface area contributed by atoms with Crippen molar-refractivity contribution in [3.05, 3.63) is 99.7 Å². The summed E-state index contributed by atoms with van der Waals surface area (Å²) in [6.45, 7) is 2.58. The van der Waals surface area contributed by atoms with Crippen LogP contribution in [-0.2, 0) is 16.1 Å². The number of pyridine rings is 1. The van der Waals surface area contributed by atoms with Crippen LogP contribution in [0.2, 0.25) is 0 Å². The minimum atomic E-state index is -1.16. The van der Waals surface area contributed by atoms with Gasteiger partial charge in [0.15, 0.2) is 0 Å². The molecule has 194 valence electrons. The lowest BCUT2D eigenvalue weighted by Gasteiger charge is -2.42. The predicted molar refractivity (Wildman–Crippen MR) is 136 cm³/mol. The Kier molecular flexibility index (Phi) is 8.03. The van der Waals surface area contributed by atoms with E-state index in [0.717, 1.165) is 5.56 Å². The number of nitrogens with zero attached hydrogens (tertiary/aromatic N) is 2. The Balaban J connectivity index is 1.55. The molecule has 1 fully saturated rings. The van der Waals surface area contributed by atoms with Gasteiger partial charge in [-0.2, -0.15) is 0 Å². The van der Waals surface area contributed by atoms with E-state index in [1.165, 1.54) is 35.2 Å². The van der Waals surface area contributed by atoms with Crippen molar-refractivity contribution in [1.29, 1.82) is 0 Å². The summed E-state index contributed by atoms with van der Waals surface area (Å²) in [5, 5.41) is 0. The summed E-state index contributed by atoms with van der Waals surface area (Å²) in [5.41, 5.74) is 0.0196. The van der Waals surface area contributed by atoms with Crippen molar-refractivity contribution >= 4 is 11.8 Å². The molecule has 4 rings (SSSR count). The SMILES string of the molecule is Cc1ccc(C(=O)N2CCO[C@](COc3ccc(F)cc3)(CC(=O)N(C)Cc3ccccc3)C2)c(=O)[nH]1. The molecule has 1 atom stereocenters. The van der Waals surface area contributed by atoms with Gasteiger partial charge in [-0.05, 0) is 48.9 Å². The Morgan fingerprint density at radius 2 is 1.84 bits per heavy atom. The molecule has 0 unspecified atom stereocenters. The zero-order chi connectivity index (χ0) is 26.4. The fraction of sp³-hybridized carbons (Fsp3) is 0.321. The minimum absolute atomic E-state index is 0.0216. The maximum Gasteiger partial charge on any atom is 0.260 e. The van der Waals surface area contributed by atoms with E-state index in [1.807, 2.05) is 30.3 Å². The predicted octanol–water partition coefficient (Wildman–Crippen LogP) is 3.16. The zero-order valence-electron chi connectivity index (χ0n) is 20.9. The van der Waals surface area contributed by atoms with Crippen molar-refractivity contribution in [1.82, 2.24) is 14.8 Å². The molecule has 0 saturated carbocycles. The van der Waals surface area contributed by atoms with Crippen LogP contribution in [0, 0.1) is 12.7 Å². The largest absolute Gasteiger partial charge is 0.490 e. The van der Waals surface area contributed by atoms with Gasteiger partial charge >= 0.3 is 0 Å². The van der Waals surface area contributed by atoms with E-state index < -0.39 is 22.9 Å². The first-order chi connectivity index (χ1) is 17.7. The highest BCUT2D eigenvalue weighted by Gasteiger charge is 2.42. The number of ether oxygens (including phenoxy) is 2. The molecule has 9 heteroatoms. The number of benzene rings is 2. The van der Waals surface area contributed by atoms with Gasteiger partial charge < -0.3 is 24.3 Å². The summed E-state index contributed by atoms with van der Waals surface area (Å²) in [7, 11) is 1.71. The molecule has 0 radical (unpaired) electrons. The number of carbonyl (C=O) groups excluding carboxylic acids is 2. The number of carbonyl (C=O) groups is 2. The van der Waals surface area contributed by atoms with Gasteiger partial charge in [0.25, 0.3) is 11.5 Å². The number of halogens is 1. The average molecular weight is 508 g/mol. The molecule has 1 N–H and O–H groups in total. The van der Waals surface area contributed by atoms with Gasteiger partial charge in [0.05, 0.1) is 19.6 Å². The molecule has 1 saturated heterocycles. The number of rotatable bonds is 8. The van der Waals surface area contributed by atoms with Crippen LogP contribution in [0.25, 0.3) is 0 Å². The van der Waals surface area contributed by atoms with Crippen LogP contribution >= 0.6 is 0 Å². The lowest BCUT2D eigenvalue weighted by molar-refractivity contribution is -0.152. The van der Waals surface area contributed by atoms with Crippen LogP contribution in [0.5, 0.6) is 5.75 Å². The van der Waals surface area contributed by atoms with Gasteiger partial charge in [-0.25, -0.2) is 4.39 Å². The molecule has 1 aliphatic heterocycles. The standard InChI is InChI=1S/C28H30FN3O5/c1-20-8-13-24(26(34)30-20)27(35)32-14-15-37-28(18-32,19-36-23-11-9-22(29)10-12-23)16-25(33)31(2)17-21-6-4-3-5-7-21/h3-13H,14-19H2,1-2H3,(H,30,34)/t28-/m1/s1. The third kappa shape index (κ3) is 6.62. The monoisotopic (exact) mass is 507 g/mol. The molecule has 0 aliphatic carbocycles. The van der Waals surface area contributed by atoms with Crippen LogP contribution in [0.3, 0.4) is 0 Å². The fourth-order valence-electron chi connectivity index (χ4n) is 4.28. The lowest BCUT2D eigenvalue weighted by atomic mass is 9.96. The first-order valence-corrected chi connectivity index (χ1v) is 12.0. The van der Waals surface area contributed by atoms with Crippen LogP contribution < -0.4 is 10.3 Å². The number of hydrogen-bond donors (Lipinski definition) is 1.